The largest absolute Gasteiger partial charge is 0.348 e. The van der Waals surface area contributed by atoms with E-state index in [1.54, 1.807) is 6.07 Å². The lowest BCUT2D eigenvalue weighted by Crippen LogP contribution is -2.48. The average molecular weight is 435 g/mol. The van der Waals surface area contributed by atoms with Gasteiger partial charge in [0.15, 0.2) is 9.84 Å². The highest BCUT2D eigenvalue weighted by Gasteiger charge is 2.34. The number of nitrogens with zero attached hydrogens (tertiary/aromatic N) is 1. The third-order valence-electron chi connectivity index (χ3n) is 5.45. The number of hydrogen-bond donors (Lipinski definition) is 1. The van der Waals surface area contributed by atoms with Gasteiger partial charge >= 0.3 is 0 Å². The summed E-state index contributed by atoms with van der Waals surface area (Å²) in [5.74, 6) is 0.404. The summed E-state index contributed by atoms with van der Waals surface area (Å²) >= 11 is 1.48. The molecule has 5 nitrogen and oxygen atoms in total. The van der Waals surface area contributed by atoms with Crippen molar-refractivity contribution < 1.29 is 17.6 Å². The highest BCUT2D eigenvalue weighted by molar-refractivity contribution is 7.99. The van der Waals surface area contributed by atoms with Crippen LogP contribution in [0.1, 0.15) is 29.6 Å². The highest BCUT2D eigenvalue weighted by Crippen LogP contribution is 2.38. The van der Waals surface area contributed by atoms with Gasteiger partial charge < -0.3 is 5.32 Å². The van der Waals surface area contributed by atoms with Crippen molar-refractivity contribution in [3.8, 4) is 0 Å². The number of carbonyl (C=O) groups excluding carboxylic acids is 1. The fourth-order valence-corrected chi connectivity index (χ4v) is 6.31. The molecule has 0 saturated carbocycles. The van der Waals surface area contributed by atoms with E-state index >= 15 is 0 Å². The molecule has 154 valence electrons. The van der Waals surface area contributed by atoms with Gasteiger partial charge in [0.2, 0.25) is 5.91 Å². The molecule has 0 radical (unpaired) electrons. The zero-order valence-corrected chi connectivity index (χ0v) is 17.5. The summed E-state index contributed by atoms with van der Waals surface area (Å²) in [6.07, 6.45) is 0.725. The van der Waals surface area contributed by atoms with Gasteiger partial charge in [-0.15, -0.1) is 11.8 Å². The zero-order chi connectivity index (χ0) is 20.4. The van der Waals surface area contributed by atoms with E-state index < -0.39 is 15.9 Å². The van der Waals surface area contributed by atoms with Gasteiger partial charge in [0.1, 0.15) is 11.9 Å². The summed E-state index contributed by atoms with van der Waals surface area (Å²) < 4.78 is 37.9. The standard InChI is InChI=1S/C21H23FN2O3S2/c22-17-8-4-7-16-18(9-12-28-20(16)17)23-21(25)19(15-5-2-1-3-6-15)24-10-13-29(26,27)14-11-24/h1-8,18-19H,9-14H2,(H,23,25). The Hall–Kier alpha value is -1.90. The molecule has 2 aromatic carbocycles. The highest BCUT2D eigenvalue weighted by atomic mass is 32.2. The summed E-state index contributed by atoms with van der Waals surface area (Å²) in [5, 5.41) is 3.11. The number of thioether (sulfide) groups is 1. The minimum absolute atomic E-state index is 0.0533. The molecule has 0 spiro atoms. The summed E-state index contributed by atoms with van der Waals surface area (Å²) in [4.78, 5) is 15.9. The lowest BCUT2D eigenvalue weighted by atomic mass is 10.0. The summed E-state index contributed by atoms with van der Waals surface area (Å²) in [6.45, 7) is 0.641. The average Bonchev–Trinajstić information content (AvgIpc) is 2.71. The fraction of sp³-hybridized carbons (Fsp3) is 0.381. The SMILES string of the molecule is O=C(NC1CCSc2c(F)cccc21)C(c1ccccc1)N1CCS(=O)(=O)CC1. The molecule has 29 heavy (non-hydrogen) atoms. The first-order chi connectivity index (χ1) is 13.9. The normalized spacial score (nSPS) is 22.4. The van der Waals surface area contributed by atoms with Crippen molar-refractivity contribution in [2.24, 2.45) is 0 Å². The van der Waals surface area contributed by atoms with Crippen molar-refractivity contribution in [1.29, 1.82) is 0 Å². The molecule has 4 rings (SSSR count). The van der Waals surface area contributed by atoms with E-state index in [2.05, 4.69) is 5.32 Å². The van der Waals surface area contributed by atoms with Crippen molar-refractivity contribution in [2.75, 3.05) is 30.3 Å². The molecule has 0 bridgehead atoms. The van der Waals surface area contributed by atoms with Crippen LogP contribution in [0.25, 0.3) is 0 Å². The van der Waals surface area contributed by atoms with Crippen LogP contribution >= 0.6 is 11.8 Å². The Kier molecular flexibility index (Phi) is 5.94. The van der Waals surface area contributed by atoms with Crippen LogP contribution in [0.2, 0.25) is 0 Å². The predicted octanol–water partition coefficient (Wildman–Crippen LogP) is 2.95. The summed E-state index contributed by atoms with van der Waals surface area (Å²) in [6, 6.07) is 13.6. The number of nitrogens with one attached hydrogen (secondary N) is 1. The molecule has 1 saturated heterocycles. The molecule has 2 unspecified atom stereocenters. The maximum Gasteiger partial charge on any atom is 0.242 e. The second kappa shape index (κ2) is 8.45. The molecule has 1 fully saturated rings. The van der Waals surface area contributed by atoms with E-state index in [4.69, 9.17) is 0 Å². The van der Waals surface area contributed by atoms with Crippen LogP contribution in [0.3, 0.4) is 0 Å². The van der Waals surface area contributed by atoms with E-state index in [1.807, 2.05) is 41.3 Å². The number of carbonyl (C=O) groups is 1. The second-order valence-electron chi connectivity index (χ2n) is 7.36. The van der Waals surface area contributed by atoms with Gasteiger partial charge in [-0.1, -0.05) is 42.5 Å². The van der Waals surface area contributed by atoms with Gasteiger partial charge in [-0.05, 0) is 23.6 Å². The number of benzene rings is 2. The Morgan fingerprint density at radius 1 is 1.10 bits per heavy atom. The quantitative estimate of drug-likeness (QED) is 0.802. The van der Waals surface area contributed by atoms with Crippen molar-refractivity contribution >= 4 is 27.5 Å². The van der Waals surface area contributed by atoms with Gasteiger partial charge in [-0.3, -0.25) is 9.69 Å². The molecule has 0 aromatic heterocycles. The molecule has 2 aliphatic rings. The number of hydrogen-bond acceptors (Lipinski definition) is 5. The van der Waals surface area contributed by atoms with E-state index in [1.165, 1.54) is 17.8 Å². The van der Waals surface area contributed by atoms with Crippen LogP contribution in [0.5, 0.6) is 0 Å². The van der Waals surface area contributed by atoms with Gasteiger partial charge in [-0.2, -0.15) is 0 Å². The molecule has 2 aromatic rings. The third-order valence-corrected chi connectivity index (χ3v) is 8.22. The van der Waals surface area contributed by atoms with Crippen LogP contribution in [-0.4, -0.2) is 49.6 Å². The van der Waals surface area contributed by atoms with E-state index in [-0.39, 0.29) is 29.3 Å². The van der Waals surface area contributed by atoms with Crippen LogP contribution in [0.15, 0.2) is 53.4 Å². The molecule has 2 aliphatic heterocycles. The van der Waals surface area contributed by atoms with E-state index in [9.17, 15) is 17.6 Å². The Balaban J connectivity index is 1.59. The Morgan fingerprint density at radius 2 is 1.83 bits per heavy atom. The van der Waals surface area contributed by atoms with Crippen LogP contribution in [0, 0.1) is 5.82 Å². The molecule has 2 atom stereocenters. The van der Waals surface area contributed by atoms with Gasteiger partial charge in [0.05, 0.1) is 17.5 Å². The first kappa shape index (κ1) is 20.4. The number of rotatable bonds is 4. The zero-order valence-electron chi connectivity index (χ0n) is 15.9. The van der Waals surface area contributed by atoms with Gasteiger partial charge in [0, 0.05) is 23.7 Å². The van der Waals surface area contributed by atoms with Crippen molar-refractivity contribution in [1.82, 2.24) is 10.2 Å². The number of sulfone groups is 1. The van der Waals surface area contributed by atoms with Crippen molar-refractivity contribution in [3.05, 3.63) is 65.5 Å². The lowest BCUT2D eigenvalue weighted by molar-refractivity contribution is -0.127. The number of fused-ring (bicyclic) bond motifs is 1. The molecular formula is C21H23FN2O3S2. The Morgan fingerprint density at radius 3 is 2.55 bits per heavy atom. The fourth-order valence-electron chi connectivity index (χ4n) is 3.94. The second-order valence-corrected chi connectivity index (χ2v) is 10.8. The molecule has 2 heterocycles. The number of amides is 1. The summed E-state index contributed by atoms with van der Waals surface area (Å²) in [7, 11) is -3.05. The third kappa shape index (κ3) is 4.49. The van der Waals surface area contributed by atoms with Gasteiger partial charge in [0.25, 0.3) is 0 Å². The Bertz CT molecular complexity index is 984. The van der Waals surface area contributed by atoms with E-state index in [0.717, 1.165) is 23.3 Å². The Labute approximate surface area is 174 Å². The van der Waals surface area contributed by atoms with Crippen molar-refractivity contribution in [3.63, 3.8) is 0 Å². The first-order valence-corrected chi connectivity index (χ1v) is 12.5. The van der Waals surface area contributed by atoms with Crippen LogP contribution in [0.4, 0.5) is 4.39 Å². The smallest absolute Gasteiger partial charge is 0.242 e. The molecule has 1 N–H and O–H groups in total. The van der Waals surface area contributed by atoms with Gasteiger partial charge in [-0.25, -0.2) is 12.8 Å². The molecule has 0 aliphatic carbocycles. The van der Waals surface area contributed by atoms with Crippen LogP contribution in [-0.2, 0) is 14.6 Å². The topological polar surface area (TPSA) is 66.5 Å². The molecule has 8 heteroatoms. The summed E-state index contributed by atoms with van der Waals surface area (Å²) in [5.41, 5.74) is 1.64. The van der Waals surface area contributed by atoms with E-state index in [0.29, 0.717) is 18.0 Å². The minimum atomic E-state index is -3.05. The number of halogens is 1. The molecular weight excluding hydrogens is 411 g/mol. The van der Waals surface area contributed by atoms with Crippen molar-refractivity contribution in [2.45, 2.75) is 23.4 Å². The first-order valence-electron chi connectivity index (χ1n) is 9.65. The lowest BCUT2D eigenvalue weighted by Gasteiger charge is -2.35. The minimum Gasteiger partial charge on any atom is -0.348 e. The predicted molar refractivity (Wildman–Crippen MR) is 112 cm³/mol. The monoisotopic (exact) mass is 434 g/mol. The maximum absolute atomic E-state index is 14.2. The maximum atomic E-state index is 14.2. The molecule has 1 amide bonds. The van der Waals surface area contributed by atoms with Crippen LogP contribution < -0.4 is 5.32 Å².